The summed E-state index contributed by atoms with van der Waals surface area (Å²) in [5, 5.41) is 7.83. The van der Waals surface area contributed by atoms with E-state index in [0.717, 1.165) is 4.31 Å². The highest BCUT2D eigenvalue weighted by Gasteiger charge is 2.39. The monoisotopic (exact) mass is 396 g/mol. The molecule has 1 saturated heterocycles. The second-order valence-electron chi connectivity index (χ2n) is 6.55. The molecule has 27 heavy (non-hydrogen) atoms. The van der Waals surface area contributed by atoms with E-state index in [2.05, 4.69) is 16.0 Å². The van der Waals surface area contributed by atoms with Crippen LogP contribution in [0, 0.1) is 0 Å². The molecule has 1 aromatic carbocycles. The van der Waals surface area contributed by atoms with Crippen molar-refractivity contribution in [1.82, 2.24) is 14.9 Å². The molecule has 1 aliphatic rings. The van der Waals surface area contributed by atoms with Crippen molar-refractivity contribution in [3.8, 4) is 0 Å². The number of rotatable bonds is 6. The SMILES string of the molecule is CC(=O)Nc1ccc(S(=O)(=O)N2CCNC(=O)[C@H]2CC(=O)NC(C)C)cc1. The summed E-state index contributed by atoms with van der Waals surface area (Å²) in [6.45, 7) is 5.16. The van der Waals surface area contributed by atoms with Gasteiger partial charge in [0, 0.05) is 31.7 Å². The molecule has 1 aromatic rings. The second kappa shape index (κ2) is 8.49. The molecule has 1 aliphatic heterocycles. The minimum atomic E-state index is -3.98. The van der Waals surface area contributed by atoms with Gasteiger partial charge in [0.25, 0.3) is 0 Å². The molecule has 3 N–H and O–H groups in total. The number of carbonyl (C=O) groups is 3. The van der Waals surface area contributed by atoms with Crippen molar-refractivity contribution in [2.45, 2.75) is 44.2 Å². The number of anilines is 1. The van der Waals surface area contributed by atoms with Crippen LogP contribution in [0.4, 0.5) is 5.69 Å². The van der Waals surface area contributed by atoms with Gasteiger partial charge in [-0.25, -0.2) is 8.42 Å². The standard InChI is InChI=1S/C17H24N4O5S/c1-11(2)19-16(23)10-15-17(24)18-8-9-21(15)27(25,26)14-6-4-13(5-7-14)20-12(3)22/h4-7,11,15H,8-10H2,1-3H3,(H,18,24)(H,19,23)(H,20,22)/t15-/m1/s1. The van der Waals surface area contributed by atoms with E-state index in [1.807, 2.05) is 0 Å². The van der Waals surface area contributed by atoms with Crippen molar-refractivity contribution in [2.75, 3.05) is 18.4 Å². The lowest BCUT2D eigenvalue weighted by Crippen LogP contribution is -2.58. The van der Waals surface area contributed by atoms with Gasteiger partial charge in [-0.1, -0.05) is 0 Å². The topological polar surface area (TPSA) is 125 Å². The molecule has 3 amide bonds. The Balaban J connectivity index is 2.26. The van der Waals surface area contributed by atoms with Crippen molar-refractivity contribution >= 4 is 33.4 Å². The highest BCUT2D eigenvalue weighted by Crippen LogP contribution is 2.23. The fourth-order valence-corrected chi connectivity index (χ4v) is 4.37. The molecule has 0 saturated carbocycles. The quantitative estimate of drug-likeness (QED) is 0.627. The van der Waals surface area contributed by atoms with E-state index in [1.165, 1.54) is 31.2 Å². The Kier molecular flexibility index (Phi) is 6.55. The number of amides is 3. The van der Waals surface area contributed by atoms with Gasteiger partial charge in [0.15, 0.2) is 0 Å². The van der Waals surface area contributed by atoms with E-state index in [9.17, 15) is 22.8 Å². The summed E-state index contributed by atoms with van der Waals surface area (Å²) in [4.78, 5) is 35.4. The fraction of sp³-hybridized carbons (Fsp3) is 0.471. The molecule has 0 aliphatic carbocycles. The third-order valence-corrected chi connectivity index (χ3v) is 5.81. The van der Waals surface area contributed by atoms with Gasteiger partial charge in [-0.3, -0.25) is 14.4 Å². The third-order valence-electron chi connectivity index (χ3n) is 3.89. The summed E-state index contributed by atoms with van der Waals surface area (Å²) in [5.74, 6) is -1.17. The minimum Gasteiger partial charge on any atom is -0.354 e. The number of hydrogen-bond acceptors (Lipinski definition) is 5. The van der Waals surface area contributed by atoms with Crippen LogP contribution in [0.5, 0.6) is 0 Å². The number of piperazine rings is 1. The summed E-state index contributed by atoms with van der Waals surface area (Å²) in [7, 11) is -3.98. The van der Waals surface area contributed by atoms with Crippen LogP contribution >= 0.6 is 0 Å². The van der Waals surface area contributed by atoms with Gasteiger partial charge in [-0.2, -0.15) is 4.31 Å². The maximum atomic E-state index is 13.0. The van der Waals surface area contributed by atoms with Gasteiger partial charge in [0.05, 0.1) is 11.3 Å². The zero-order chi connectivity index (χ0) is 20.2. The first-order valence-corrected chi connectivity index (χ1v) is 10.0. The molecule has 1 atom stereocenters. The molecule has 9 nitrogen and oxygen atoms in total. The van der Waals surface area contributed by atoms with Crippen molar-refractivity contribution in [1.29, 1.82) is 0 Å². The van der Waals surface area contributed by atoms with E-state index in [4.69, 9.17) is 0 Å². The fourth-order valence-electron chi connectivity index (χ4n) is 2.78. The summed E-state index contributed by atoms with van der Waals surface area (Å²) < 4.78 is 27.1. The maximum Gasteiger partial charge on any atom is 0.243 e. The molecule has 1 fully saturated rings. The van der Waals surface area contributed by atoms with Crippen molar-refractivity contribution < 1.29 is 22.8 Å². The summed E-state index contributed by atoms with van der Waals surface area (Å²) in [5.41, 5.74) is 0.464. The number of carbonyl (C=O) groups excluding carboxylic acids is 3. The third kappa shape index (κ3) is 5.27. The van der Waals surface area contributed by atoms with Gasteiger partial charge in [-0.05, 0) is 38.1 Å². The van der Waals surface area contributed by atoms with Crippen LogP contribution in [0.15, 0.2) is 29.2 Å². The molecular weight excluding hydrogens is 372 g/mol. The predicted octanol–water partition coefficient (Wildman–Crippen LogP) is 0.0488. The summed E-state index contributed by atoms with van der Waals surface area (Å²) in [6.07, 6.45) is -0.257. The van der Waals surface area contributed by atoms with Crippen molar-refractivity contribution in [2.24, 2.45) is 0 Å². The van der Waals surface area contributed by atoms with Gasteiger partial charge < -0.3 is 16.0 Å². The first-order valence-electron chi connectivity index (χ1n) is 8.58. The second-order valence-corrected chi connectivity index (χ2v) is 8.45. The largest absolute Gasteiger partial charge is 0.354 e. The lowest BCUT2D eigenvalue weighted by Gasteiger charge is -2.33. The zero-order valence-electron chi connectivity index (χ0n) is 15.5. The van der Waals surface area contributed by atoms with Gasteiger partial charge in [-0.15, -0.1) is 0 Å². The first-order chi connectivity index (χ1) is 12.6. The highest BCUT2D eigenvalue weighted by molar-refractivity contribution is 7.89. The van der Waals surface area contributed by atoms with E-state index in [1.54, 1.807) is 13.8 Å². The maximum absolute atomic E-state index is 13.0. The molecular formula is C17H24N4O5S. The zero-order valence-corrected chi connectivity index (χ0v) is 16.3. The van der Waals surface area contributed by atoms with Crippen LogP contribution in [0.1, 0.15) is 27.2 Å². The number of hydrogen-bond donors (Lipinski definition) is 3. The van der Waals surface area contributed by atoms with Crippen LogP contribution < -0.4 is 16.0 Å². The Labute approximate surface area is 158 Å². The molecule has 0 radical (unpaired) electrons. The minimum absolute atomic E-state index is 0.0134. The van der Waals surface area contributed by atoms with Gasteiger partial charge in [0.1, 0.15) is 6.04 Å². The Hall–Kier alpha value is -2.46. The van der Waals surface area contributed by atoms with E-state index >= 15 is 0 Å². The average molecular weight is 396 g/mol. The summed E-state index contributed by atoms with van der Waals surface area (Å²) >= 11 is 0. The molecule has 148 valence electrons. The average Bonchev–Trinajstić information content (AvgIpc) is 2.55. The molecule has 10 heteroatoms. The summed E-state index contributed by atoms with van der Waals surface area (Å²) in [6, 6.07) is 4.43. The Bertz CT molecular complexity index is 820. The van der Waals surface area contributed by atoms with E-state index in [0.29, 0.717) is 5.69 Å². The molecule has 0 spiro atoms. The van der Waals surface area contributed by atoms with Gasteiger partial charge in [0.2, 0.25) is 27.7 Å². The number of benzene rings is 1. The Morgan fingerprint density at radius 3 is 2.44 bits per heavy atom. The Morgan fingerprint density at radius 1 is 1.26 bits per heavy atom. The van der Waals surface area contributed by atoms with E-state index in [-0.39, 0.29) is 36.4 Å². The van der Waals surface area contributed by atoms with Gasteiger partial charge >= 0.3 is 0 Å². The van der Waals surface area contributed by atoms with Crippen LogP contribution in [-0.2, 0) is 24.4 Å². The van der Waals surface area contributed by atoms with Crippen molar-refractivity contribution in [3.63, 3.8) is 0 Å². The molecule has 0 unspecified atom stereocenters. The predicted molar refractivity (Wildman–Crippen MR) is 99.3 cm³/mol. The first kappa shape index (κ1) is 20.8. The van der Waals surface area contributed by atoms with E-state index < -0.39 is 27.9 Å². The lowest BCUT2D eigenvalue weighted by molar-refractivity contribution is -0.131. The smallest absolute Gasteiger partial charge is 0.243 e. The lowest BCUT2D eigenvalue weighted by atomic mass is 10.1. The van der Waals surface area contributed by atoms with Crippen LogP contribution in [0.3, 0.4) is 0 Å². The number of nitrogens with zero attached hydrogens (tertiary/aromatic N) is 1. The van der Waals surface area contributed by atoms with Crippen molar-refractivity contribution in [3.05, 3.63) is 24.3 Å². The molecule has 0 bridgehead atoms. The van der Waals surface area contributed by atoms with Crippen LogP contribution in [0.2, 0.25) is 0 Å². The number of sulfonamides is 1. The molecule has 2 rings (SSSR count). The van der Waals surface area contributed by atoms with Crippen LogP contribution in [-0.4, -0.2) is 55.6 Å². The van der Waals surface area contributed by atoms with Crippen LogP contribution in [0.25, 0.3) is 0 Å². The normalized spacial score (nSPS) is 18.1. The Morgan fingerprint density at radius 2 is 1.89 bits per heavy atom. The molecule has 0 aromatic heterocycles. The number of nitrogens with one attached hydrogen (secondary N) is 3. The molecule has 1 heterocycles. The highest BCUT2D eigenvalue weighted by atomic mass is 32.2.